The maximum absolute atomic E-state index is 11.0. The monoisotopic (exact) mass is 346 g/mol. The van der Waals surface area contributed by atoms with Crippen LogP contribution in [0.4, 0.5) is 0 Å². The Balaban J connectivity index is 1.99. The van der Waals surface area contributed by atoms with E-state index in [1.54, 1.807) is 20.3 Å². The fourth-order valence-corrected chi connectivity index (χ4v) is 2.09. The summed E-state index contributed by atoms with van der Waals surface area (Å²) in [6, 6.07) is 5.63. The molecule has 0 aliphatic heterocycles. The van der Waals surface area contributed by atoms with Crippen LogP contribution in [0.5, 0.6) is 17.4 Å². The lowest BCUT2D eigenvalue weighted by Crippen LogP contribution is -2.16. The van der Waals surface area contributed by atoms with Gasteiger partial charge in [-0.2, -0.15) is 0 Å². The minimum atomic E-state index is -0.640. The number of nitrogens with zero attached hydrogens (tertiary/aromatic N) is 2. The van der Waals surface area contributed by atoms with Crippen LogP contribution < -0.4 is 20.5 Å². The maximum atomic E-state index is 11.0. The summed E-state index contributed by atoms with van der Waals surface area (Å²) in [5, 5.41) is 3.33. The molecule has 1 aromatic heterocycles. The zero-order valence-electron chi connectivity index (χ0n) is 14.3. The molecular formula is C17H22N4O4. The molecule has 0 unspecified atom stereocenters. The number of nitrogens with two attached hydrogens (primary N) is 1. The van der Waals surface area contributed by atoms with Crippen molar-refractivity contribution in [2.24, 2.45) is 5.73 Å². The van der Waals surface area contributed by atoms with Gasteiger partial charge in [0.05, 0.1) is 19.5 Å². The highest BCUT2D eigenvalue weighted by atomic mass is 16.5. The number of hydrogen-bond acceptors (Lipinski definition) is 7. The lowest BCUT2D eigenvalue weighted by atomic mass is 10.2. The Hall–Kier alpha value is -2.71. The number of carbonyl (C=O) groups is 1. The van der Waals surface area contributed by atoms with Gasteiger partial charge in [0.25, 0.3) is 5.91 Å². The summed E-state index contributed by atoms with van der Waals surface area (Å²) in [7, 11) is 3.26. The van der Waals surface area contributed by atoms with E-state index in [-0.39, 0.29) is 11.6 Å². The minimum Gasteiger partial charge on any atom is -0.493 e. The van der Waals surface area contributed by atoms with Gasteiger partial charge in [-0.15, -0.1) is 0 Å². The largest absolute Gasteiger partial charge is 0.493 e. The number of hydrogen-bond donors (Lipinski definition) is 2. The third kappa shape index (κ3) is 5.70. The molecule has 2 aromatic rings. The molecular weight excluding hydrogens is 324 g/mol. The van der Waals surface area contributed by atoms with Crippen LogP contribution in [-0.4, -0.2) is 43.2 Å². The van der Waals surface area contributed by atoms with Gasteiger partial charge >= 0.3 is 0 Å². The van der Waals surface area contributed by atoms with Gasteiger partial charge < -0.3 is 25.3 Å². The van der Waals surface area contributed by atoms with Gasteiger partial charge in [0.15, 0.2) is 11.5 Å². The van der Waals surface area contributed by atoms with Crippen molar-refractivity contribution in [3.63, 3.8) is 0 Å². The molecule has 1 aromatic carbocycles. The molecule has 134 valence electrons. The van der Waals surface area contributed by atoms with Crippen molar-refractivity contribution < 1.29 is 19.0 Å². The van der Waals surface area contributed by atoms with E-state index in [2.05, 4.69) is 15.3 Å². The zero-order chi connectivity index (χ0) is 18.1. The third-order valence-electron chi connectivity index (χ3n) is 3.35. The summed E-state index contributed by atoms with van der Waals surface area (Å²) in [5.41, 5.74) is 6.27. The normalized spacial score (nSPS) is 10.5. The lowest BCUT2D eigenvalue weighted by Gasteiger charge is -2.12. The molecule has 0 saturated heterocycles. The maximum Gasteiger partial charge on any atom is 0.268 e. The SMILES string of the molecule is COCCCNCc1ccc(Oc2cnc(C(N)=O)cn2)c(OC)c1. The molecule has 0 bridgehead atoms. The van der Waals surface area contributed by atoms with Crippen molar-refractivity contribution in [3.8, 4) is 17.4 Å². The fourth-order valence-electron chi connectivity index (χ4n) is 2.09. The summed E-state index contributed by atoms with van der Waals surface area (Å²) < 4.78 is 16.0. The Morgan fingerprint density at radius 1 is 1.20 bits per heavy atom. The first-order chi connectivity index (χ1) is 12.1. The summed E-state index contributed by atoms with van der Waals surface area (Å²) in [6.45, 7) is 2.32. The molecule has 1 amide bonds. The molecule has 0 aliphatic rings. The van der Waals surface area contributed by atoms with E-state index in [9.17, 15) is 4.79 Å². The van der Waals surface area contributed by atoms with Crippen LogP contribution in [-0.2, 0) is 11.3 Å². The Labute approximate surface area is 146 Å². The number of rotatable bonds is 10. The van der Waals surface area contributed by atoms with Crippen molar-refractivity contribution in [2.45, 2.75) is 13.0 Å². The number of aromatic nitrogens is 2. The van der Waals surface area contributed by atoms with Gasteiger partial charge in [-0.25, -0.2) is 9.97 Å². The molecule has 0 atom stereocenters. The highest BCUT2D eigenvalue weighted by molar-refractivity contribution is 5.90. The van der Waals surface area contributed by atoms with Crippen LogP contribution in [0.15, 0.2) is 30.6 Å². The topological polar surface area (TPSA) is 109 Å². The Morgan fingerprint density at radius 3 is 2.68 bits per heavy atom. The standard InChI is InChI=1S/C17H22N4O4/c1-23-7-3-6-19-9-12-4-5-14(15(8-12)24-2)25-16-11-20-13(10-21-16)17(18)22/h4-5,8,10-11,19H,3,6-7,9H2,1-2H3,(H2,18,22). The van der Waals surface area contributed by atoms with E-state index in [1.165, 1.54) is 12.4 Å². The molecule has 0 aliphatic carbocycles. The smallest absolute Gasteiger partial charge is 0.268 e. The van der Waals surface area contributed by atoms with Gasteiger partial charge in [0.1, 0.15) is 5.69 Å². The van der Waals surface area contributed by atoms with Crippen molar-refractivity contribution in [1.82, 2.24) is 15.3 Å². The predicted molar refractivity (Wildman–Crippen MR) is 91.8 cm³/mol. The molecule has 1 heterocycles. The van der Waals surface area contributed by atoms with Crippen LogP contribution >= 0.6 is 0 Å². The number of amides is 1. The van der Waals surface area contributed by atoms with E-state index in [4.69, 9.17) is 19.9 Å². The Bertz CT molecular complexity index is 692. The first kappa shape index (κ1) is 18.6. The van der Waals surface area contributed by atoms with Gasteiger partial charge in [-0.1, -0.05) is 6.07 Å². The van der Waals surface area contributed by atoms with Crippen LogP contribution in [0.1, 0.15) is 22.5 Å². The number of ether oxygens (including phenoxy) is 3. The third-order valence-corrected chi connectivity index (χ3v) is 3.35. The average Bonchev–Trinajstić information content (AvgIpc) is 2.63. The first-order valence-electron chi connectivity index (χ1n) is 7.80. The lowest BCUT2D eigenvalue weighted by molar-refractivity contribution is 0.0995. The van der Waals surface area contributed by atoms with Crippen molar-refractivity contribution in [1.29, 1.82) is 0 Å². The number of benzene rings is 1. The summed E-state index contributed by atoms with van der Waals surface area (Å²) in [4.78, 5) is 18.9. The Kier molecular flexibility index (Phi) is 7.12. The van der Waals surface area contributed by atoms with Crippen LogP contribution in [0, 0.1) is 0 Å². The molecule has 8 heteroatoms. The zero-order valence-corrected chi connectivity index (χ0v) is 14.3. The van der Waals surface area contributed by atoms with E-state index < -0.39 is 5.91 Å². The van der Waals surface area contributed by atoms with Crippen molar-refractivity contribution >= 4 is 5.91 Å². The molecule has 0 fully saturated rings. The van der Waals surface area contributed by atoms with Gasteiger partial charge in [0.2, 0.25) is 5.88 Å². The predicted octanol–water partition coefficient (Wildman–Crippen LogP) is 1.50. The van der Waals surface area contributed by atoms with Crippen LogP contribution in [0.25, 0.3) is 0 Å². The van der Waals surface area contributed by atoms with E-state index in [0.29, 0.717) is 18.0 Å². The Morgan fingerprint density at radius 2 is 2.04 bits per heavy atom. The fraction of sp³-hybridized carbons (Fsp3) is 0.353. The van der Waals surface area contributed by atoms with Crippen LogP contribution in [0.2, 0.25) is 0 Å². The highest BCUT2D eigenvalue weighted by Gasteiger charge is 2.09. The van der Waals surface area contributed by atoms with E-state index >= 15 is 0 Å². The quantitative estimate of drug-likeness (QED) is 0.628. The first-order valence-corrected chi connectivity index (χ1v) is 7.80. The molecule has 0 spiro atoms. The second-order valence-electron chi connectivity index (χ2n) is 5.21. The molecule has 0 radical (unpaired) electrons. The van der Waals surface area contributed by atoms with E-state index in [0.717, 1.165) is 25.1 Å². The summed E-state index contributed by atoms with van der Waals surface area (Å²) in [5.74, 6) is 0.691. The second-order valence-corrected chi connectivity index (χ2v) is 5.21. The molecule has 0 saturated carbocycles. The molecule has 25 heavy (non-hydrogen) atoms. The summed E-state index contributed by atoms with van der Waals surface area (Å²) in [6.07, 6.45) is 3.56. The average molecular weight is 346 g/mol. The van der Waals surface area contributed by atoms with Crippen LogP contribution in [0.3, 0.4) is 0 Å². The van der Waals surface area contributed by atoms with Gasteiger partial charge in [-0.3, -0.25) is 4.79 Å². The highest BCUT2D eigenvalue weighted by Crippen LogP contribution is 2.31. The summed E-state index contributed by atoms with van der Waals surface area (Å²) >= 11 is 0. The van der Waals surface area contributed by atoms with Gasteiger partial charge in [0, 0.05) is 20.3 Å². The number of methoxy groups -OCH3 is 2. The number of carbonyl (C=O) groups excluding carboxylic acids is 1. The van der Waals surface area contributed by atoms with E-state index in [1.807, 2.05) is 12.1 Å². The molecule has 8 nitrogen and oxygen atoms in total. The molecule has 2 rings (SSSR count). The van der Waals surface area contributed by atoms with Gasteiger partial charge in [-0.05, 0) is 30.7 Å². The molecule has 3 N–H and O–H groups in total. The second kappa shape index (κ2) is 9.55. The van der Waals surface area contributed by atoms with Crippen molar-refractivity contribution in [3.05, 3.63) is 41.9 Å². The minimum absolute atomic E-state index is 0.0780. The number of primary amides is 1. The van der Waals surface area contributed by atoms with Crippen molar-refractivity contribution in [2.75, 3.05) is 27.4 Å². The number of nitrogens with one attached hydrogen (secondary N) is 1.